The summed E-state index contributed by atoms with van der Waals surface area (Å²) in [6, 6.07) is 18.0. The first-order valence-electron chi connectivity index (χ1n) is 14.1. The molecule has 5 heteroatoms. The van der Waals surface area contributed by atoms with Crippen LogP contribution in [-0.2, 0) is 11.2 Å². The van der Waals surface area contributed by atoms with Gasteiger partial charge in [-0.1, -0.05) is 48.9 Å². The number of nitrogens with zero attached hydrogens (tertiary/aromatic N) is 2. The minimum atomic E-state index is -0.645. The average molecular weight is 493 g/mol. The molecule has 1 saturated carbocycles. The van der Waals surface area contributed by atoms with Crippen LogP contribution in [0.3, 0.4) is 0 Å². The fraction of sp³-hybridized carbons (Fsp3) is 0.581. The lowest BCUT2D eigenvalue weighted by atomic mass is 9.87. The first-order chi connectivity index (χ1) is 17.6. The van der Waals surface area contributed by atoms with E-state index in [1.807, 2.05) is 12.1 Å². The van der Waals surface area contributed by atoms with Gasteiger partial charge in [-0.05, 0) is 112 Å². The Morgan fingerprint density at radius 1 is 0.944 bits per heavy atom. The number of carboxylic acids is 1. The Bertz CT molecular complexity index is 974. The third-order valence-electron chi connectivity index (χ3n) is 9.14. The van der Waals surface area contributed by atoms with E-state index in [9.17, 15) is 14.3 Å². The van der Waals surface area contributed by atoms with Crippen LogP contribution in [0.1, 0.15) is 68.4 Å². The number of hydrogen-bond acceptors (Lipinski definition) is 3. The van der Waals surface area contributed by atoms with Crippen molar-refractivity contribution in [3.63, 3.8) is 0 Å². The Balaban J connectivity index is 1.14. The van der Waals surface area contributed by atoms with E-state index in [0.717, 1.165) is 51.1 Å². The van der Waals surface area contributed by atoms with E-state index in [-0.39, 0.29) is 11.9 Å². The van der Waals surface area contributed by atoms with Gasteiger partial charge < -0.3 is 10.0 Å². The summed E-state index contributed by atoms with van der Waals surface area (Å²) in [6.45, 7) is 4.40. The molecule has 1 aliphatic carbocycles. The second-order valence-electron chi connectivity index (χ2n) is 11.4. The normalized spacial score (nSPS) is 28.0. The lowest BCUT2D eigenvalue weighted by Crippen LogP contribution is -2.42. The van der Waals surface area contributed by atoms with Crippen molar-refractivity contribution < 1.29 is 14.3 Å². The molecule has 0 aromatic heterocycles. The number of carbonyl (C=O) groups is 1. The van der Waals surface area contributed by atoms with Crippen molar-refractivity contribution in [2.45, 2.75) is 75.8 Å². The monoisotopic (exact) mass is 492 g/mol. The standard InChI is InChI=1S/C31H41FN2O2/c32-27-13-11-23(12-14-27)6-4-7-24-15-18-33(19-16-24)22-26-20-28(34-17-5-10-30(34)31(35)36)21-29(26)25-8-2-1-3-9-25/h1-3,8-9,11-14,24,26,28-30H,4-7,10,15-22H2,(H,35,36)/t26?,28?,29?,30-/m0/s1. The van der Waals surface area contributed by atoms with Crippen LogP contribution in [0.2, 0.25) is 0 Å². The fourth-order valence-corrected chi connectivity index (χ4v) is 7.20. The first-order valence-corrected chi connectivity index (χ1v) is 14.1. The molecule has 3 fully saturated rings. The minimum absolute atomic E-state index is 0.156. The number of carboxylic acid groups (broad SMARTS) is 1. The molecule has 3 aliphatic rings. The molecule has 194 valence electrons. The van der Waals surface area contributed by atoms with Crippen LogP contribution in [0.15, 0.2) is 54.6 Å². The van der Waals surface area contributed by atoms with Gasteiger partial charge in [-0.25, -0.2) is 4.39 Å². The zero-order valence-electron chi connectivity index (χ0n) is 21.4. The van der Waals surface area contributed by atoms with Crippen molar-refractivity contribution in [3.8, 4) is 0 Å². The van der Waals surface area contributed by atoms with E-state index >= 15 is 0 Å². The number of likely N-dealkylation sites (tertiary alicyclic amines) is 2. The first kappa shape index (κ1) is 25.4. The van der Waals surface area contributed by atoms with Crippen molar-refractivity contribution in [1.82, 2.24) is 9.80 Å². The number of halogens is 1. The van der Waals surface area contributed by atoms with Crippen molar-refractivity contribution in [1.29, 1.82) is 0 Å². The van der Waals surface area contributed by atoms with Crippen LogP contribution in [-0.4, -0.2) is 59.1 Å². The van der Waals surface area contributed by atoms with Gasteiger partial charge in [0, 0.05) is 12.6 Å². The predicted octanol–water partition coefficient (Wildman–Crippen LogP) is 5.97. The van der Waals surface area contributed by atoms with E-state index in [2.05, 4.69) is 40.1 Å². The van der Waals surface area contributed by atoms with Gasteiger partial charge in [0.1, 0.15) is 11.9 Å². The molecule has 2 aromatic rings. The molecule has 4 nitrogen and oxygen atoms in total. The van der Waals surface area contributed by atoms with Crippen molar-refractivity contribution >= 4 is 5.97 Å². The van der Waals surface area contributed by atoms with E-state index in [1.54, 1.807) is 12.1 Å². The molecule has 5 rings (SSSR count). The van der Waals surface area contributed by atoms with Crippen molar-refractivity contribution in [3.05, 3.63) is 71.5 Å². The Morgan fingerprint density at radius 2 is 1.69 bits per heavy atom. The van der Waals surface area contributed by atoms with Crippen LogP contribution in [0, 0.1) is 17.7 Å². The molecule has 2 heterocycles. The molecule has 3 unspecified atom stereocenters. The van der Waals surface area contributed by atoms with Gasteiger partial charge >= 0.3 is 5.97 Å². The SMILES string of the molecule is O=C(O)[C@@H]1CCCN1C1CC(CN2CCC(CCCc3ccc(F)cc3)CC2)C(c2ccccc2)C1. The number of piperidine rings is 1. The molecule has 0 amide bonds. The molecule has 1 N–H and O–H groups in total. The summed E-state index contributed by atoms with van der Waals surface area (Å²) >= 11 is 0. The van der Waals surface area contributed by atoms with Crippen LogP contribution in [0.25, 0.3) is 0 Å². The lowest BCUT2D eigenvalue weighted by Gasteiger charge is -2.35. The van der Waals surface area contributed by atoms with Gasteiger partial charge in [0.05, 0.1) is 0 Å². The Labute approximate surface area is 215 Å². The highest BCUT2D eigenvalue weighted by molar-refractivity contribution is 5.73. The summed E-state index contributed by atoms with van der Waals surface area (Å²) in [5.41, 5.74) is 2.66. The highest BCUT2D eigenvalue weighted by Gasteiger charge is 2.43. The number of aryl methyl sites for hydroxylation is 1. The van der Waals surface area contributed by atoms with Crippen LogP contribution < -0.4 is 0 Å². The third-order valence-corrected chi connectivity index (χ3v) is 9.14. The minimum Gasteiger partial charge on any atom is -0.480 e. The number of benzene rings is 2. The highest BCUT2D eigenvalue weighted by Crippen LogP contribution is 2.44. The quantitative estimate of drug-likeness (QED) is 0.468. The summed E-state index contributed by atoms with van der Waals surface area (Å²) in [5.74, 6) is 1.09. The van der Waals surface area contributed by atoms with Crippen LogP contribution in [0.5, 0.6) is 0 Å². The van der Waals surface area contributed by atoms with Gasteiger partial charge in [0.15, 0.2) is 0 Å². The smallest absolute Gasteiger partial charge is 0.320 e. The highest BCUT2D eigenvalue weighted by atomic mass is 19.1. The Hall–Kier alpha value is -2.24. The lowest BCUT2D eigenvalue weighted by molar-refractivity contribution is -0.142. The summed E-state index contributed by atoms with van der Waals surface area (Å²) in [4.78, 5) is 16.8. The van der Waals surface area contributed by atoms with Gasteiger partial charge in [-0.3, -0.25) is 9.69 Å². The average Bonchev–Trinajstić information content (AvgIpc) is 3.54. The molecule has 0 radical (unpaired) electrons. The van der Waals surface area contributed by atoms with E-state index < -0.39 is 5.97 Å². The second-order valence-corrected chi connectivity index (χ2v) is 11.4. The molecular weight excluding hydrogens is 451 g/mol. The predicted molar refractivity (Wildman–Crippen MR) is 142 cm³/mol. The Morgan fingerprint density at radius 3 is 2.42 bits per heavy atom. The maximum atomic E-state index is 13.1. The van der Waals surface area contributed by atoms with Gasteiger partial charge in [0.2, 0.25) is 0 Å². The summed E-state index contributed by atoms with van der Waals surface area (Å²) < 4.78 is 13.1. The number of hydrogen-bond donors (Lipinski definition) is 1. The molecule has 0 spiro atoms. The maximum Gasteiger partial charge on any atom is 0.320 e. The van der Waals surface area contributed by atoms with E-state index in [0.29, 0.717) is 17.9 Å². The van der Waals surface area contributed by atoms with Crippen molar-refractivity contribution in [2.75, 3.05) is 26.2 Å². The zero-order valence-corrected chi connectivity index (χ0v) is 21.4. The fourth-order valence-electron chi connectivity index (χ4n) is 7.20. The van der Waals surface area contributed by atoms with E-state index in [1.165, 1.54) is 49.9 Å². The second kappa shape index (κ2) is 11.9. The summed E-state index contributed by atoms with van der Waals surface area (Å²) in [7, 11) is 0. The van der Waals surface area contributed by atoms with E-state index in [4.69, 9.17) is 0 Å². The molecule has 0 bridgehead atoms. The largest absolute Gasteiger partial charge is 0.480 e. The van der Waals surface area contributed by atoms with Gasteiger partial charge in [-0.2, -0.15) is 0 Å². The molecule has 36 heavy (non-hydrogen) atoms. The zero-order chi connectivity index (χ0) is 24.9. The molecule has 2 aliphatic heterocycles. The number of aliphatic carboxylic acids is 1. The summed E-state index contributed by atoms with van der Waals surface area (Å²) in [5, 5.41) is 9.75. The van der Waals surface area contributed by atoms with Gasteiger partial charge in [-0.15, -0.1) is 0 Å². The Kier molecular flexibility index (Phi) is 8.38. The molecular formula is C31H41FN2O2. The topological polar surface area (TPSA) is 43.8 Å². The van der Waals surface area contributed by atoms with Crippen LogP contribution >= 0.6 is 0 Å². The van der Waals surface area contributed by atoms with Crippen molar-refractivity contribution in [2.24, 2.45) is 11.8 Å². The van der Waals surface area contributed by atoms with Crippen LogP contribution in [0.4, 0.5) is 4.39 Å². The molecule has 2 aromatic carbocycles. The molecule has 2 saturated heterocycles. The third kappa shape index (κ3) is 6.18. The summed E-state index contributed by atoms with van der Waals surface area (Å²) in [6.07, 6.45) is 10.00. The molecule has 4 atom stereocenters. The maximum absolute atomic E-state index is 13.1. The van der Waals surface area contributed by atoms with Gasteiger partial charge in [0.25, 0.3) is 0 Å². The number of rotatable bonds is 9.